The molecule has 1 aromatic rings. The second-order valence-electron chi connectivity index (χ2n) is 5.94. The minimum Gasteiger partial charge on any atom is -0.395 e. The van der Waals surface area contributed by atoms with Crippen molar-refractivity contribution in [1.29, 1.82) is 0 Å². The number of amides is 2. The van der Waals surface area contributed by atoms with Gasteiger partial charge in [0.1, 0.15) is 5.82 Å². The molecule has 22 heavy (non-hydrogen) atoms. The van der Waals surface area contributed by atoms with Crippen LogP contribution in [-0.4, -0.2) is 48.3 Å². The Morgan fingerprint density at radius 3 is 2.68 bits per heavy atom. The lowest BCUT2D eigenvalue weighted by atomic mass is 10.2. The third kappa shape index (κ3) is 3.32. The van der Waals surface area contributed by atoms with Gasteiger partial charge in [0.15, 0.2) is 0 Å². The number of nitrogens with one attached hydrogen (secondary N) is 1. The van der Waals surface area contributed by atoms with Gasteiger partial charge in [0.2, 0.25) is 0 Å². The van der Waals surface area contributed by atoms with Gasteiger partial charge in [-0.25, -0.2) is 9.18 Å². The predicted octanol–water partition coefficient (Wildman–Crippen LogP) is 2.41. The Balaban J connectivity index is 1.67. The number of carbonyl (C=O) groups excluding carboxylic acids is 1. The second kappa shape index (κ2) is 6.52. The van der Waals surface area contributed by atoms with Crippen molar-refractivity contribution in [2.45, 2.75) is 31.7 Å². The molecule has 0 spiro atoms. The molecule has 2 amide bonds. The predicted molar refractivity (Wildman–Crippen MR) is 83.7 cm³/mol. The molecule has 6 heteroatoms. The molecule has 1 aliphatic heterocycles. The Bertz CT molecular complexity index is 542. The molecule has 2 fully saturated rings. The van der Waals surface area contributed by atoms with E-state index in [1.165, 1.54) is 6.07 Å². The number of aliphatic hydroxyl groups is 1. The number of halogens is 1. The number of nitrogens with zero attached hydrogens (tertiary/aromatic N) is 2. The van der Waals surface area contributed by atoms with E-state index < -0.39 is 0 Å². The van der Waals surface area contributed by atoms with E-state index in [0.717, 1.165) is 38.8 Å². The normalized spacial score (nSPS) is 17.6. The van der Waals surface area contributed by atoms with E-state index in [4.69, 9.17) is 5.11 Å². The largest absolute Gasteiger partial charge is 0.395 e. The van der Waals surface area contributed by atoms with Gasteiger partial charge in [-0.3, -0.25) is 0 Å². The van der Waals surface area contributed by atoms with Crippen molar-refractivity contribution < 1.29 is 14.3 Å². The molecule has 0 aromatic heterocycles. The summed E-state index contributed by atoms with van der Waals surface area (Å²) in [4.78, 5) is 15.9. The quantitative estimate of drug-likeness (QED) is 0.878. The van der Waals surface area contributed by atoms with E-state index in [9.17, 15) is 9.18 Å². The molecular weight excluding hydrogens is 285 g/mol. The summed E-state index contributed by atoms with van der Waals surface area (Å²) in [6.07, 6.45) is 4.12. The Morgan fingerprint density at radius 2 is 2.09 bits per heavy atom. The van der Waals surface area contributed by atoms with E-state index in [0.29, 0.717) is 17.9 Å². The van der Waals surface area contributed by atoms with Crippen LogP contribution < -0.4 is 10.2 Å². The van der Waals surface area contributed by atoms with Crippen molar-refractivity contribution in [2.75, 3.05) is 36.5 Å². The van der Waals surface area contributed by atoms with Gasteiger partial charge in [-0.15, -0.1) is 0 Å². The van der Waals surface area contributed by atoms with Crippen molar-refractivity contribution >= 4 is 17.4 Å². The SMILES string of the molecule is O=C(Nc1ccc(N2CCCC2)c(F)c1)N(CCO)C1CC1. The van der Waals surface area contributed by atoms with Crippen LogP contribution in [0.4, 0.5) is 20.6 Å². The maximum Gasteiger partial charge on any atom is 0.322 e. The monoisotopic (exact) mass is 307 g/mol. The average molecular weight is 307 g/mol. The summed E-state index contributed by atoms with van der Waals surface area (Å²) in [6, 6.07) is 4.77. The van der Waals surface area contributed by atoms with Crippen molar-refractivity contribution in [2.24, 2.45) is 0 Å². The summed E-state index contributed by atoms with van der Waals surface area (Å²) >= 11 is 0. The van der Waals surface area contributed by atoms with Crippen LogP contribution in [0.1, 0.15) is 25.7 Å². The summed E-state index contributed by atoms with van der Waals surface area (Å²) in [6.45, 7) is 2.01. The first-order valence-corrected chi connectivity index (χ1v) is 7.92. The lowest BCUT2D eigenvalue weighted by molar-refractivity contribution is 0.185. The first-order valence-electron chi connectivity index (χ1n) is 7.92. The van der Waals surface area contributed by atoms with Gasteiger partial charge in [-0.1, -0.05) is 0 Å². The van der Waals surface area contributed by atoms with E-state index in [1.54, 1.807) is 17.0 Å². The molecule has 5 nitrogen and oxygen atoms in total. The molecule has 120 valence electrons. The summed E-state index contributed by atoms with van der Waals surface area (Å²) in [5.41, 5.74) is 1.05. The van der Waals surface area contributed by atoms with Gasteiger partial charge in [0.25, 0.3) is 0 Å². The Hall–Kier alpha value is -1.82. The van der Waals surface area contributed by atoms with Crippen molar-refractivity contribution in [3.63, 3.8) is 0 Å². The third-order valence-corrected chi connectivity index (χ3v) is 4.24. The zero-order valence-electron chi connectivity index (χ0n) is 12.6. The molecule has 0 bridgehead atoms. The molecular formula is C16H22FN3O2. The van der Waals surface area contributed by atoms with Crippen molar-refractivity contribution in [3.05, 3.63) is 24.0 Å². The van der Waals surface area contributed by atoms with Crippen LogP contribution in [0.5, 0.6) is 0 Å². The van der Waals surface area contributed by atoms with Gasteiger partial charge >= 0.3 is 6.03 Å². The number of benzene rings is 1. The second-order valence-corrected chi connectivity index (χ2v) is 5.94. The van der Waals surface area contributed by atoms with Crippen LogP contribution >= 0.6 is 0 Å². The maximum absolute atomic E-state index is 14.2. The van der Waals surface area contributed by atoms with Gasteiger partial charge in [0.05, 0.1) is 12.3 Å². The van der Waals surface area contributed by atoms with Gasteiger partial charge in [-0.05, 0) is 43.9 Å². The molecule has 2 aliphatic rings. The zero-order chi connectivity index (χ0) is 15.5. The first kappa shape index (κ1) is 15.1. The third-order valence-electron chi connectivity index (χ3n) is 4.24. The Morgan fingerprint density at radius 1 is 1.36 bits per heavy atom. The van der Waals surface area contributed by atoms with E-state index in [-0.39, 0.29) is 24.5 Å². The average Bonchev–Trinajstić information content (AvgIpc) is 3.19. The van der Waals surface area contributed by atoms with Crippen LogP contribution in [0.2, 0.25) is 0 Å². The highest BCUT2D eigenvalue weighted by Crippen LogP contribution is 2.29. The minimum atomic E-state index is -0.306. The van der Waals surface area contributed by atoms with Crippen LogP contribution in [-0.2, 0) is 0 Å². The van der Waals surface area contributed by atoms with Gasteiger partial charge in [-0.2, -0.15) is 0 Å². The van der Waals surface area contributed by atoms with Gasteiger partial charge < -0.3 is 20.2 Å². The number of anilines is 2. The summed E-state index contributed by atoms with van der Waals surface area (Å²) in [5, 5.41) is 11.8. The van der Waals surface area contributed by atoms with Crippen LogP contribution in [0.25, 0.3) is 0 Å². The Labute approximate surface area is 129 Å². The molecule has 1 aliphatic carbocycles. The summed E-state index contributed by atoms with van der Waals surface area (Å²) in [7, 11) is 0. The molecule has 1 saturated carbocycles. The fourth-order valence-corrected chi connectivity index (χ4v) is 2.94. The molecule has 1 saturated heterocycles. The smallest absolute Gasteiger partial charge is 0.322 e. The molecule has 3 rings (SSSR count). The number of carbonyl (C=O) groups is 1. The first-order chi connectivity index (χ1) is 10.7. The minimum absolute atomic E-state index is 0.0633. The lowest BCUT2D eigenvalue weighted by Gasteiger charge is -2.22. The lowest BCUT2D eigenvalue weighted by Crippen LogP contribution is -2.38. The standard InChI is InChI=1S/C16H22FN3O2/c17-14-11-12(3-6-15(14)19-7-1-2-8-19)18-16(22)20(9-10-21)13-4-5-13/h3,6,11,13,21H,1-2,4-5,7-10H2,(H,18,22). The summed E-state index contributed by atoms with van der Waals surface area (Å²) in [5.74, 6) is -0.306. The van der Waals surface area contributed by atoms with Gasteiger partial charge in [0, 0.05) is 31.4 Å². The number of aliphatic hydroxyl groups excluding tert-OH is 1. The summed E-state index contributed by atoms with van der Waals surface area (Å²) < 4.78 is 14.2. The molecule has 0 radical (unpaired) electrons. The highest BCUT2D eigenvalue weighted by molar-refractivity contribution is 5.90. The topological polar surface area (TPSA) is 55.8 Å². The van der Waals surface area contributed by atoms with Crippen LogP contribution in [0.15, 0.2) is 18.2 Å². The fraction of sp³-hybridized carbons (Fsp3) is 0.562. The molecule has 1 aromatic carbocycles. The fourth-order valence-electron chi connectivity index (χ4n) is 2.94. The van der Waals surface area contributed by atoms with Crippen molar-refractivity contribution in [1.82, 2.24) is 4.90 Å². The Kier molecular flexibility index (Phi) is 4.47. The number of urea groups is 1. The number of rotatable bonds is 5. The number of hydrogen-bond acceptors (Lipinski definition) is 3. The molecule has 0 atom stereocenters. The van der Waals surface area contributed by atoms with E-state index >= 15 is 0 Å². The van der Waals surface area contributed by atoms with Crippen molar-refractivity contribution in [3.8, 4) is 0 Å². The van der Waals surface area contributed by atoms with Crippen LogP contribution in [0.3, 0.4) is 0 Å². The number of hydrogen-bond donors (Lipinski definition) is 2. The molecule has 2 N–H and O–H groups in total. The maximum atomic E-state index is 14.2. The highest BCUT2D eigenvalue weighted by atomic mass is 19.1. The van der Waals surface area contributed by atoms with E-state index in [2.05, 4.69) is 5.32 Å². The van der Waals surface area contributed by atoms with Crippen LogP contribution in [0, 0.1) is 5.82 Å². The highest BCUT2D eigenvalue weighted by Gasteiger charge is 2.32. The zero-order valence-corrected chi connectivity index (χ0v) is 12.6. The van der Waals surface area contributed by atoms with E-state index in [1.807, 2.05) is 4.90 Å². The molecule has 1 heterocycles. The molecule has 0 unspecified atom stereocenters.